The van der Waals surface area contributed by atoms with E-state index < -0.39 is 0 Å². The Morgan fingerprint density at radius 3 is 2.62 bits per heavy atom. The van der Waals surface area contributed by atoms with Crippen molar-refractivity contribution in [3.05, 3.63) is 63.6 Å². The van der Waals surface area contributed by atoms with Crippen LogP contribution in [0.5, 0.6) is 5.75 Å². The van der Waals surface area contributed by atoms with Gasteiger partial charge in [-0.3, -0.25) is 4.79 Å². The van der Waals surface area contributed by atoms with Crippen LogP contribution in [0, 0.1) is 0 Å². The van der Waals surface area contributed by atoms with Gasteiger partial charge in [-0.1, -0.05) is 30.3 Å². The minimum Gasteiger partial charge on any atom is -0.489 e. The summed E-state index contributed by atoms with van der Waals surface area (Å²) in [6.07, 6.45) is 1.54. The highest BCUT2D eigenvalue weighted by Gasteiger charge is 2.09. The number of hydrogen-bond acceptors (Lipinski definition) is 3. The summed E-state index contributed by atoms with van der Waals surface area (Å²) in [5.74, 6) is 0.772. The molecular formula is C17H17BrO3. The minimum atomic E-state index is 0.494. The van der Waals surface area contributed by atoms with Crippen LogP contribution in [0.1, 0.15) is 21.5 Å². The lowest BCUT2D eigenvalue weighted by atomic mass is 10.1. The number of carbonyl (C=O) groups excluding carboxylic acids is 1. The fraction of sp³-hybridized carbons (Fsp3) is 0.235. The van der Waals surface area contributed by atoms with Crippen molar-refractivity contribution < 1.29 is 14.3 Å². The predicted molar refractivity (Wildman–Crippen MR) is 85.9 cm³/mol. The van der Waals surface area contributed by atoms with E-state index in [0.717, 1.165) is 27.6 Å². The topological polar surface area (TPSA) is 35.5 Å². The summed E-state index contributed by atoms with van der Waals surface area (Å²) in [5, 5.41) is 0. The van der Waals surface area contributed by atoms with Gasteiger partial charge in [-0.25, -0.2) is 0 Å². The first-order chi connectivity index (χ1) is 10.2. The maximum Gasteiger partial charge on any atom is 0.151 e. The molecule has 0 aromatic heterocycles. The van der Waals surface area contributed by atoms with Gasteiger partial charge >= 0.3 is 0 Å². The fourth-order valence-corrected chi connectivity index (χ4v) is 2.40. The van der Waals surface area contributed by atoms with E-state index >= 15 is 0 Å². The standard InChI is InChI=1S/C17H17BrO3/c1-20-8-7-14-9-15(11-19)16(18)10-17(14)21-12-13-5-3-2-4-6-13/h2-6,9-11H,7-8,12H2,1H3. The molecule has 4 heteroatoms. The molecule has 0 bridgehead atoms. The number of carbonyl (C=O) groups is 1. The Kier molecular flexibility index (Phi) is 5.96. The van der Waals surface area contributed by atoms with Gasteiger partial charge in [0.15, 0.2) is 6.29 Å². The van der Waals surface area contributed by atoms with Gasteiger partial charge in [0.05, 0.1) is 6.61 Å². The van der Waals surface area contributed by atoms with E-state index in [1.165, 1.54) is 0 Å². The first kappa shape index (κ1) is 15.7. The molecule has 0 fully saturated rings. The Morgan fingerprint density at radius 1 is 1.19 bits per heavy atom. The zero-order valence-corrected chi connectivity index (χ0v) is 13.4. The van der Waals surface area contributed by atoms with Crippen molar-refractivity contribution in [2.24, 2.45) is 0 Å². The summed E-state index contributed by atoms with van der Waals surface area (Å²) in [6.45, 7) is 1.08. The molecule has 21 heavy (non-hydrogen) atoms. The molecular weight excluding hydrogens is 332 g/mol. The van der Waals surface area contributed by atoms with Gasteiger partial charge in [-0.05, 0) is 45.6 Å². The molecule has 0 spiro atoms. The van der Waals surface area contributed by atoms with Crippen molar-refractivity contribution in [2.45, 2.75) is 13.0 Å². The number of rotatable bonds is 7. The highest BCUT2D eigenvalue weighted by molar-refractivity contribution is 9.10. The second-order valence-corrected chi connectivity index (χ2v) is 5.47. The molecule has 3 nitrogen and oxygen atoms in total. The Bertz CT molecular complexity index is 596. The van der Waals surface area contributed by atoms with Crippen LogP contribution in [0.3, 0.4) is 0 Å². The van der Waals surface area contributed by atoms with E-state index in [1.54, 1.807) is 7.11 Å². The Balaban J connectivity index is 2.19. The first-order valence-electron chi connectivity index (χ1n) is 6.68. The second kappa shape index (κ2) is 7.96. The molecule has 0 aliphatic rings. The van der Waals surface area contributed by atoms with Crippen LogP contribution in [0.25, 0.3) is 0 Å². The summed E-state index contributed by atoms with van der Waals surface area (Å²) in [5.41, 5.74) is 2.69. The third-order valence-corrected chi connectivity index (χ3v) is 3.81. The summed E-state index contributed by atoms with van der Waals surface area (Å²) in [7, 11) is 1.66. The smallest absolute Gasteiger partial charge is 0.151 e. The summed E-state index contributed by atoms with van der Waals surface area (Å²) in [4.78, 5) is 11.0. The Labute approximate surface area is 133 Å². The zero-order chi connectivity index (χ0) is 15.1. The zero-order valence-electron chi connectivity index (χ0n) is 11.8. The third-order valence-electron chi connectivity index (χ3n) is 3.12. The maximum atomic E-state index is 11.0. The van der Waals surface area contributed by atoms with Gasteiger partial charge in [0.2, 0.25) is 0 Å². The summed E-state index contributed by atoms with van der Waals surface area (Å²) >= 11 is 3.39. The number of ether oxygens (including phenoxy) is 2. The van der Waals surface area contributed by atoms with E-state index in [1.807, 2.05) is 42.5 Å². The highest BCUT2D eigenvalue weighted by atomic mass is 79.9. The normalized spacial score (nSPS) is 10.4. The molecule has 0 aliphatic carbocycles. The quantitative estimate of drug-likeness (QED) is 0.708. The van der Waals surface area contributed by atoms with Gasteiger partial charge in [0, 0.05) is 17.1 Å². The van der Waals surface area contributed by atoms with Crippen LogP contribution < -0.4 is 4.74 Å². The molecule has 0 N–H and O–H groups in total. The number of aldehydes is 1. The lowest BCUT2D eigenvalue weighted by molar-refractivity contribution is 0.112. The third kappa shape index (κ3) is 4.41. The van der Waals surface area contributed by atoms with Crippen LogP contribution >= 0.6 is 15.9 Å². The van der Waals surface area contributed by atoms with Crippen molar-refractivity contribution >= 4 is 22.2 Å². The molecule has 0 radical (unpaired) electrons. The van der Waals surface area contributed by atoms with E-state index in [9.17, 15) is 4.79 Å². The van der Waals surface area contributed by atoms with Crippen molar-refractivity contribution in [2.75, 3.05) is 13.7 Å². The van der Waals surface area contributed by atoms with E-state index in [4.69, 9.17) is 9.47 Å². The molecule has 0 amide bonds. The summed E-state index contributed by atoms with van der Waals surface area (Å²) in [6, 6.07) is 13.7. The van der Waals surface area contributed by atoms with Gasteiger partial charge in [0.1, 0.15) is 12.4 Å². The maximum absolute atomic E-state index is 11.0. The second-order valence-electron chi connectivity index (χ2n) is 4.62. The molecule has 2 aromatic rings. The van der Waals surface area contributed by atoms with Crippen LogP contribution in [0.2, 0.25) is 0 Å². The van der Waals surface area contributed by atoms with Crippen LogP contribution in [-0.4, -0.2) is 20.0 Å². The number of benzene rings is 2. The van der Waals surface area contributed by atoms with Gasteiger partial charge < -0.3 is 9.47 Å². The Hall–Kier alpha value is -1.65. The summed E-state index contributed by atoms with van der Waals surface area (Å²) < 4.78 is 11.7. The predicted octanol–water partition coefficient (Wildman–Crippen LogP) is 4.03. The lowest BCUT2D eigenvalue weighted by Gasteiger charge is -2.13. The van der Waals surface area contributed by atoms with Crippen molar-refractivity contribution in [1.29, 1.82) is 0 Å². The van der Waals surface area contributed by atoms with Crippen LogP contribution in [-0.2, 0) is 17.8 Å². The molecule has 0 heterocycles. The molecule has 0 atom stereocenters. The average Bonchev–Trinajstić information content (AvgIpc) is 2.52. The number of methoxy groups -OCH3 is 1. The van der Waals surface area contributed by atoms with Crippen LogP contribution in [0.15, 0.2) is 46.9 Å². The van der Waals surface area contributed by atoms with Crippen molar-refractivity contribution in [3.63, 3.8) is 0 Å². The number of halogens is 1. The largest absolute Gasteiger partial charge is 0.489 e. The van der Waals surface area contributed by atoms with Gasteiger partial charge in [-0.2, -0.15) is 0 Å². The van der Waals surface area contributed by atoms with E-state index in [2.05, 4.69) is 15.9 Å². The fourth-order valence-electron chi connectivity index (χ4n) is 1.99. The average molecular weight is 349 g/mol. The molecule has 0 saturated heterocycles. The first-order valence-corrected chi connectivity index (χ1v) is 7.47. The van der Waals surface area contributed by atoms with E-state index in [0.29, 0.717) is 25.2 Å². The van der Waals surface area contributed by atoms with Gasteiger partial charge in [-0.15, -0.1) is 0 Å². The minimum absolute atomic E-state index is 0.494. The molecule has 0 aliphatic heterocycles. The molecule has 2 aromatic carbocycles. The molecule has 110 valence electrons. The van der Waals surface area contributed by atoms with E-state index in [-0.39, 0.29) is 0 Å². The molecule has 0 saturated carbocycles. The highest BCUT2D eigenvalue weighted by Crippen LogP contribution is 2.28. The molecule has 2 rings (SSSR count). The number of hydrogen-bond donors (Lipinski definition) is 0. The monoisotopic (exact) mass is 348 g/mol. The van der Waals surface area contributed by atoms with Crippen molar-refractivity contribution in [1.82, 2.24) is 0 Å². The SMILES string of the molecule is COCCc1cc(C=O)c(Br)cc1OCc1ccccc1. The van der Waals surface area contributed by atoms with Gasteiger partial charge in [0.25, 0.3) is 0 Å². The Morgan fingerprint density at radius 2 is 1.95 bits per heavy atom. The van der Waals surface area contributed by atoms with Crippen LogP contribution in [0.4, 0.5) is 0 Å². The van der Waals surface area contributed by atoms with Crippen molar-refractivity contribution in [3.8, 4) is 5.75 Å². The molecule has 0 unspecified atom stereocenters. The lowest BCUT2D eigenvalue weighted by Crippen LogP contribution is -2.03.